The van der Waals surface area contributed by atoms with E-state index in [1.54, 1.807) is 11.3 Å². The zero-order valence-electron chi connectivity index (χ0n) is 20.5. The number of aromatic nitrogens is 2. The summed E-state index contributed by atoms with van der Waals surface area (Å²) in [5.41, 5.74) is 4.33. The van der Waals surface area contributed by atoms with E-state index in [0.717, 1.165) is 27.3 Å². The zero-order valence-corrected chi connectivity index (χ0v) is 23.0. The number of benzene rings is 5. The third kappa shape index (κ3) is 3.12. The van der Waals surface area contributed by atoms with E-state index in [4.69, 9.17) is 9.97 Å². The maximum atomic E-state index is 5.39. The quantitative estimate of drug-likeness (QED) is 0.214. The molecule has 0 saturated heterocycles. The molecule has 4 heterocycles. The monoisotopic (exact) mass is 550 g/mol. The highest BCUT2D eigenvalue weighted by atomic mass is 32.1. The largest absolute Gasteiger partial charge is 0.226 e. The van der Waals surface area contributed by atoms with Gasteiger partial charge in [-0.05, 0) is 24.3 Å². The minimum atomic E-state index is 0.788. The maximum absolute atomic E-state index is 5.39. The smallest absolute Gasteiger partial charge is 0.161 e. The summed E-state index contributed by atoms with van der Waals surface area (Å²) in [6.07, 6.45) is 0. The Balaban J connectivity index is 1.42. The SMILES string of the molecule is c1ccc2c(c1)sc1c(-c3nc(-c4cccc5c4sc4ccccc45)c4sc5ccccc5c4n3)cccc12. The molecule has 0 unspecified atom stereocenters. The molecule has 0 atom stereocenters. The lowest BCUT2D eigenvalue weighted by Gasteiger charge is -2.09. The summed E-state index contributed by atoms with van der Waals surface area (Å²) in [6, 6.07) is 39.1. The molecule has 182 valence electrons. The van der Waals surface area contributed by atoms with Gasteiger partial charge in [0.15, 0.2) is 5.82 Å². The van der Waals surface area contributed by atoms with E-state index in [-0.39, 0.29) is 0 Å². The highest BCUT2D eigenvalue weighted by molar-refractivity contribution is 7.27. The van der Waals surface area contributed by atoms with Crippen molar-refractivity contribution in [2.24, 2.45) is 0 Å². The Morgan fingerprint density at radius 1 is 0.385 bits per heavy atom. The molecule has 0 aliphatic carbocycles. The lowest BCUT2D eigenvalue weighted by Crippen LogP contribution is -1.94. The predicted octanol–water partition coefficient (Wildman–Crippen LogP) is 10.9. The molecular formula is C34H18N2S3. The van der Waals surface area contributed by atoms with Crippen LogP contribution in [-0.2, 0) is 0 Å². The molecule has 2 nitrogen and oxygen atoms in total. The zero-order chi connectivity index (χ0) is 25.5. The number of hydrogen-bond donors (Lipinski definition) is 0. The first kappa shape index (κ1) is 21.7. The molecule has 0 aliphatic heterocycles. The van der Waals surface area contributed by atoms with E-state index < -0.39 is 0 Å². The van der Waals surface area contributed by atoms with Crippen molar-refractivity contribution in [1.29, 1.82) is 0 Å². The van der Waals surface area contributed by atoms with Crippen LogP contribution in [0.4, 0.5) is 0 Å². The molecule has 9 rings (SSSR count). The molecule has 0 spiro atoms. The summed E-state index contributed by atoms with van der Waals surface area (Å²) < 4.78 is 7.50. The molecular weight excluding hydrogens is 533 g/mol. The van der Waals surface area contributed by atoms with Gasteiger partial charge in [0.05, 0.1) is 15.9 Å². The summed E-state index contributed by atoms with van der Waals surface area (Å²) in [5, 5.41) is 6.33. The van der Waals surface area contributed by atoms with Gasteiger partial charge in [-0.1, -0.05) is 84.9 Å². The third-order valence-electron chi connectivity index (χ3n) is 7.52. The molecule has 39 heavy (non-hydrogen) atoms. The predicted molar refractivity (Wildman–Crippen MR) is 172 cm³/mol. The van der Waals surface area contributed by atoms with Crippen LogP contribution >= 0.6 is 34.0 Å². The molecule has 0 radical (unpaired) electrons. The molecule has 0 amide bonds. The van der Waals surface area contributed by atoms with Crippen LogP contribution in [0.15, 0.2) is 109 Å². The van der Waals surface area contributed by atoms with Crippen LogP contribution in [0, 0.1) is 0 Å². The van der Waals surface area contributed by atoms with E-state index in [9.17, 15) is 0 Å². The van der Waals surface area contributed by atoms with Crippen LogP contribution in [0.3, 0.4) is 0 Å². The van der Waals surface area contributed by atoms with Gasteiger partial charge in [0, 0.05) is 61.6 Å². The van der Waals surface area contributed by atoms with Crippen LogP contribution in [-0.4, -0.2) is 9.97 Å². The van der Waals surface area contributed by atoms with Crippen LogP contribution in [0.25, 0.3) is 83.3 Å². The summed E-state index contributed by atoms with van der Waals surface area (Å²) >= 11 is 5.47. The molecule has 5 heteroatoms. The summed E-state index contributed by atoms with van der Waals surface area (Å²) in [4.78, 5) is 10.7. The Bertz CT molecular complexity index is 2410. The fraction of sp³-hybridized carbons (Fsp3) is 0. The van der Waals surface area contributed by atoms with E-state index in [0.29, 0.717) is 0 Å². The minimum absolute atomic E-state index is 0.788. The molecule has 0 N–H and O–H groups in total. The summed E-state index contributed by atoms with van der Waals surface area (Å²) in [5.74, 6) is 0.788. The fourth-order valence-electron chi connectivity index (χ4n) is 5.75. The lowest BCUT2D eigenvalue weighted by atomic mass is 10.0. The van der Waals surface area contributed by atoms with Crippen molar-refractivity contribution in [1.82, 2.24) is 9.97 Å². The summed E-state index contributed by atoms with van der Waals surface area (Å²) in [6.45, 7) is 0. The van der Waals surface area contributed by atoms with Gasteiger partial charge in [0.1, 0.15) is 0 Å². The van der Waals surface area contributed by atoms with Gasteiger partial charge in [0.25, 0.3) is 0 Å². The lowest BCUT2D eigenvalue weighted by molar-refractivity contribution is 1.25. The third-order valence-corrected chi connectivity index (χ3v) is 11.1. The van der Waals surface area contributed by atoms with Crippen molar-refractivity contribution in [3.05, 3.63) is 109 Å². The van der Waals surface area contributed by atoms with Crippen LogP contribution in [0.2, 0.25) is 0 Å². The van der Waals surface area contributed by atoms with E-state index in [1.807, 2.05) is 22.7 Å². The molecule has 0 saturated carbocycles. The van der Waals surface area contributed by atoms with Crippen LogP contribution in [0.1, 0.15) is 0 Å². The fourth-order valence-corrected chi connectivity index (χ4v) is 9.33. The van der Waals surface area contributed by atoms with Crippen molar-refractivity contribution in [2.45, 2.75) is 0 Å². The van der Waals surface area contributed by atoms with E-state index in [1.165, 1.54) is 56.0 Å². The number of rotatable bonds is 2. The normalized spacial score (nSPS) is 12.1. The molecule has 0 bridgehead atoms. The number of fused-ring (bicyclic) bond motifs is 9. The Kier molecular flexibility index (Phi) is 4.55. The summed E-state index contributed by atoms with van der Waals surface area (Å²) in [7, 11) is 0. The average molecular weight is 551 g/mol. The topological polar surface area (TPSA) is 25.8 Å². The Morgan fingerprint density at radius 2 is 0.872 bits per heavy atom. The first-order valence-corrected chi connectivity index (χ1v) is 15.3. The minimum Gasteiger partial charge on any atom is -0.226 e. The van der Waals surface area contributed by atoms with E-state index >= 15 is 0 Å². The van der Waals surface area contributed by atoms with Gasteiger partial charge in [-0.2, -0.15) is 0 Å². The second kappa shape index (κ2) is 8.17. The number of thiophene rings is 3. The maximum Gasteiger partial charge on any atom is 0.161 e. The number of nitrogens with zero attached hydrogens (tertiary/aromatic N) is 2. The van der Waals surface area contributed by atoms with Crippen LogP contribution < -0.4 is 0 Å². The molecule has 9 aromatic rings. The van der Waals surface area contributed by atoms with Crippen molar-refractivity contribution in [2.75, 3.05) is 0 Å². The van der Waals surface area contributed by atoms with Crippen molar-refractivity contribution in [3.8, 4) is 22.6 Å². The highest BCUT2D eigenvalue weighted by Crippen LogP contribution is 2.46. The van der Waals surface area contributed by atoms with Crippen LogP contribution in [0.5, 0.6) is 0 Å². The van der Waals surface area contributed by atoms with Gasteiger partial charge < -0.3 is 0 Å². The van der Waals surface area contributed by atoms with Crippen molar-refractivity contribution < 1.29 is 0 Å². The second-order valence-electron chi connectivity index (χ2n) is 9.73. The Hall–Kier alpha value is -4.16. The van der Waals surface area contributed by atoms with E-state index in [2.05, 4.69) is 109 Å². The first-order valence-electron chi connectivity index (χ1n) is 12.8. The van der Waals surface area contributed by atoms with Gasteiger partial charge in [-0.25, -0.2) is 9.97 Å². The van der Waals surface area contributed by atoms with Gasteiger partial charge in [-0.3, -0.25) is 0 Å². The van der Waals surface area contributed by atoms with Gasteiger partial charge in [0.2, 0.25) is 0 Å². The standard InChI is InChI=1S/C34H18N2S3/c1-4-16-26-19(9-1)21-12-7-14-24(31(21)37-26)30-33-29(23-11-3-6-18-28(23)39-33)35-34(36-30)25-15-8-13-22-20-10-2-5-17-27(20)38-32(22)25/h1-18H. The van der Waals surface area contributed by atoms with Gasteiger partial charge in [-0.15, -0.1) is 34.0 Å². The molecule has 4 aromatic heterocycles. The van der Waals surface area contributed by atoms with Crippen molar-refractivity contribution in [3.63, 3.8) is 0 Å². The Labute approximate surface area is 235 Å². The van der Waals surface area contributed by atoms with Crippen molar-refractivity contribution >= 4 is 94.7 Å². The molecule has 0 aliphatic rings. The highest BCUT2D eigenvalue weighted by Gasteiger charge is 2.21. The molecule has 5 aromatic carbocycles. The second-order valence-corrected chi connectivity index (χ2v) is 12.9. The average Bonchev–Trinajstić information content (AvgIpc) is 3.68. The first-order chi connectivity index (χ1) is 19.3. The Morgan fingerprint density at radius 3 is 1.54 bits per heavy atom. The number of hydrogen-bond acceptors (Lipinski definition) is 5. The van der Waals surface area contributed by atoms with Gasteiger partial charge >= 0.3 is 0 Å². The molecule has 0 fully saturated rings.